The Bertz CT molecular complexity index is 1060. The van der Waals surface area contributed by atoms with Crippen LogP contribution in [0, 0.1) is 5.92 Å². The van der Waals surface area contributed by atoms with Gasteiger partial charge in [-0.1, -0.05) is 49.4 Å². The second-order valence-corrected chi connectivity index (χ2v) is 8.49. The number of hydrogen-bond acceptors (Lipinski definition) is 4. The highest BCUT2D eigenvalue weighted by Gasteiger charge is 2.30. The summed E-state index contributed by atoms with van der Waals surface area (Å²) in [5.74, 6) is 2.90. The first-order chi connectivity index (χ1) is 14.7. The lowest BCUT2D eigenvalue weighted by atomic mass is 9.90. The number of nitrogens with zero attached hydrogens (tertiary/aromatic N) is 1. The number of likely N-dealkylation sites (tertiary alicyclic amines) is 1. The van der Waals surface area contributed by atoms with E-state index in [0.717, 1.165) is 47.5 Å². The molecule has 1 fully saturated rings. The quantitative estimate of drug-likeness (QED) is 0.569. The minimum absolute atomic E-state index is 0.197. The molecular weight excluding hydrogens is 374 g/mol. The third kappa shape index (κ3) is 3.80. The third-order valence-corrected chi connectivity index (χ3v) is 6.39. The largest absolute Gasteiger partial charge is 0.486 e. The van der Waals surface area contributed by atoms with Gasteiger partial charge in [-0.05, 0) is 40.5 Å². The van der Waals surface area contributed by atoms with Crippen molar-refractivity contribution in [2.75, 3.05) is 32.8 Å². The Morgan fingerprint density at radius 1 is 0.933 bits per heavy atom. The molecule has 4 nitrogen and oxygen atoms in total. The second kappa shape index (κ2) is 8.11. The Morgan fingerprint density at radius 2 is 1.67 bits per heavy atom. The maximum absolute atomic E-state index is 12.9. The van der Waals surface area contributed by atoms with Gasteiger partial charge in [0.05, 0.1) is 0 Å². The van der Waals surface area contributed by atoms with E-state index in [4.69, 9.17) is 9.47 Å². The molecular formula is C26H27NO3. The van der Waals surface area contributed by atoms with Crippen LogP contribution in [0.2, 0.25) is 0 Å². The van der Waals surface area contributed by atoms with Crippen LogP contribution in [0.4, 0.5) is 0 Å². The highest BCUT2D eigenvalue weighted by atomic mass is 16.6. The zero-order chi connectivity index (χ0) is 20.5. The van der Waals surface area contributed by atoms with Gasteiger partial charge in [-0.25, -0.2) is 0 Å². The Kier molecular flexibility index (Phi) is 5.17. The zero-order valence-electron chi connectivity index (χ0n) is 17.3. The fourth-order valence-electron chi connectivity index (χ4n) is 4.75. The summed E-state index contributed by atoms with van der Waals surface area (Å²) in [5.41, 5.74) is 2.17. The van der Waals surface area contributed by atoms with E-state index in [2.05, 4.69) is 42.2 Å². The minimum Gasteiger partial charge on any atom is -0.486 e. The summed E-state index contributed by atoms with van der Waals surface area (Å²) in [4.78, 5) is 15.3. The minimum atomic E-state index is 0.197. The van der Waals surface area contributed by atoms with Gasteiger partial charge in [0.1, 0.15) is 13.2 Å². The van der Waals surface area contributed by atoms with Gasteiger partial charge >= 0.3 is 0 Å². The van der Waals surface area contributed by atoms with Gasteiger partial charge in [0.25, 0.3) is 0 Å². The van der Waals surface area contributed by atoms with Crippen molar-refractivity contribution in [2.45, 2.75) is 19.3 Å². The fourth-order valence-corrected chi connectivity index (χ4v) is 4.75. The van der Waals surface area contributed by atoms with Crippen LogP contribution in [0.5, 0.6) is 11.5 Å². The average molecular weight is 402 g/mol. The first-order valence-electron chi connectivity index (χ1n) is 10.8. The zero-order valence-corrected chi connectivity index (χ0v) is 17.3. The van der Waals surface area contributed by atoms with Gasteiger partial charge in [-0.3, -0.25) is 4.79 Å². The van der Waals surface area contributed by atoms with Crippen LogP contribution in [0.1, 0.15) is 35.2 Å². The Labute approximate surface area is 177 Å². The molecule has 2 heterocycles. The van der Waals surface area contributed by atoms with Crippen LogP contribution in [0.25, 0.3) is 10.8 Å². The monoisotopic (exact) mass is 401 g/mol. The van der Waals surface area contributed by atoms with Crippen molar-refractivity contribution in [3.05, 3.63) is 71.8 Å². The first kappa shape index (κ1) is 19.1. The smallest absolute Gasteiger partial charge is 0.164 e. The SMILES string of the molecule is CC1CN(CCC(=O)c2ccc3cc4c(cc3c2)OCCO4)CC1c1ccccc1. The highest BCUT2D eigenvalue weighted by molar-refractivity contribution is 6.00. The molecule has 0 N–H and O–H groups in total. The topological polar surface area (TPSA) is 38.8 Å². The fraction of sp³-hybridized carbons (Fsp3) is 0.346. The van der Waals surface area contributed by atoms with Crippen molar-refractivity contribution in [3.8, 4) is 11.5 Å². The number of benzene rings is 3. The molecule has 3 aromatic carbocycles. The van der Waals surface area contributed by atoms with Crippen molar-refractivity contribution in [1.29, 1.82) is 0 Å². The standard InChI is InChI=1S/C26H27NO3/c1-18-16-27(17-23(18)19-5-3-2-4-6-19)10-9-24(28)21-8-7-20-14-25-26(15-22(20)13-21)30-12-11-29-25/h2-8,13-15,18,23H,9-12,16-17H2,1H3. The lowest BCUT2D eigenvalue weighted by molar-refractivity contribution is 0.0968. The van der Waals surface area contributed by atoms with Crippen LogP contribution in [0.3, 0.4) is 0 Å². The molecule has 4 heteroatoms. The summed E-state index contributed by atoms with van der Waals surface area (Å²) < 4.78 is 11.3. The lowest BCUT2D eigenvalue weighted by Gasteiger charge is -2.19. The summed E-state index contributed by atoms with van der Waals surface area (Å²) in [6.07, 6.45) is 0.546. The van der Waals surface area contributed by atoms with Crippen molar-refractivity contribution < 1.29 is 14.3 Å². The van der Waals surface area contributed by atoms with Gasteiger partial charge in [0, 0.05) is 37.5 Å². The highest BCUT2D eigenvalue weighted by Crippen LogP contribution is 2.35. The first-order valence-corrected chi connectivity index (χ1v) is 10.8. The van der Waals surface area contributed by atoms with Crippen LogP contribution in [0.15, 0.2) is 60.7 Å². The Balaban J connectivity index is 1.25. The van der Waals surface area contributed by atoms with Crippen LogP contribution < -0.4 is 9.47 Å². The molecule has 2 unspecified atom stereocenters. The third-order valence-electron chi connectivity index (χ3n) is 6.39. The van der Waals surface area contributed by atoms with E-state index < -0.39 is 0 Å². The Morgan fingerprint density at radius 3 is 2.43 bits per heavy atom. The van der Waals surface area contributed by atoms with Gasteiger partial charge in [0.15, 0.2) is 17.3 Å². The van der Waals surface area contributed by atoms with Crippen LogP contribution in [-0.4, -0.2) is 43.5 Å². The van der Waals surface area contributed by atoms with Crippen LogP contribution in [-0.2, 0) is 0 Å². The van der Waals surface area contributed by atoms with Crippen molar-refractivity contribution in [3.63, 3.8) is 0 Å². The molecule has 0 radical (unpaired) electrons. The lowest BCUT2D eigenvalue weighted by Crippen LogP contribution is -2.24. The molecule has 5 rings (SSSR count). The van der Waals surface area contributed by atoms with Crippen LogP contribution >= 0.6 is 0 Å². The van der Waals surface area contributed by atoms with E-state index in [1.165, 1.54) is 5.56 Å². The van der Waals surface area contributed by atoms with Crippen molar-refractivity contribution in [1.82, 2.24) is 4.90 Å². The van der Waals surface area contributed by atoms with E-state index in [1.807, 2.05) is 30.3 Å². The van der Waals surface area contributed by atoms with Gasteiger partial charge in [0.2, 0.25) is 0 Å². The average Bonchev–Trinajstić information content (AvgIpc) is 3.16. The van der Waals surface area contributed by atoms with E-state index in [9.17, 15) is 4.79 Å². The maximum Gasteiger partial charge on any atom is 0.164 e. The molecule has 0 aromatic heterocycles. The summed E-state index contributed by atoms with van der Waals surface area (Å²) in [6, 6.07) is 20.6. The van der Waals surface area contributed by atoms with E-state index in [0.29, 0.717) is 31.5 Å². The molecule has 2 atom stereocenters. The predicted molar refractivity (Wildman–Crippen MR) is 119 cm³/mol. The summed E-state index contributed by atoms with van der Waals surface area (Å²) in [7, 11) is 0. The van der Waals surface area contributed by atoms with Gasteiger partial charge in [-0.2, -0.15) is 0 Å². The summed E-state index contributed by atoms with van der Waals surface area (Å²) >= 11 is 0. The van der Waals surface area contributed by atoms with Gasteiger partial charge in [-0.15, -0.1) is 0 Å². The molecule has 0 saturated carbocycles. The second-order valence-electron chi connectivity index (χ2n) is 8.49. The predicted octanol–water partition coefficient (Wildman–Crippen LogP) is 4.92. The number of hydrogen-bond donors (Lipinski definition) is 0. The molecule has 1 saturated heterocycles. The van der Waals surface area contributed by atoms with E-state index >= 15 is 0 Å². The van der Waals surface area contributed by atoms with E-state index in [1.54, 1.807) is 0 Å². The Hall–Kier alpha value is -2.85. The number of rotatable bonds is 5. The molecule has 0 bridgehead atoms. The molecule has 0 aliphatic carbocycles. The van der Waals surface area contributed by atoms with E-state index in [-0.39, 0.29) is 5.78 Å². The van der Waals surface area contributed by atoms with Crippen molar-refractivity contribution >= 4 is 16.6 Å². The molecule has 154 valence electrons. The van der Waals surface area contributed by atoms with Crippen molar-refractivity contribution in [2.24, 2.45) is 5.92 Å². The number of ether oxygens (including phenoxy) is 2. The number of carbonyl (C=O) groups is 1. The molecule has 0 amide bonds. The van der Waals surface area contributed by atoms with Gasteiger partial charge < -0.3 is 14.4 Å². The number of Topliss-reactive ketones (excluding diaryl/α,β-unsaturated/α-hetero) is 1. The maximum atomic E-state index is 12.9. The normalized spacial score (nSPS) is 21.1. The summed E-state index contributed by atoms with van der Waals surface area (Å²) in [6.45, 7) is 6.35. The number of fused-ring (bicyclic) bond motifs is 2. The molecule has 2 aliphatic heterocycles. The molecule has 2 aliphatic rings. The molecule has 30 heavy (non-hydrogen) atoms. The number of carbonyl (C=O) groups excluding carboxylic acids is 1. The summed E-state index contributed by atoms with van der Waals surface area (Å²) in [5, 5.41) is 2.08. The molecule has 3 aromatic rings. The number of ketones is 1. The molecule has 0 spiro atoms.